The predicted molar refractivity (Wildman–Crippen MR) is 93.0 cm³/mol. The van der Waals surface area contributed by atoms with E-state index in [1.165, 1.54) is 24.0 Å². The van der Waals surface area contributed by atoms with E-state index in [0.29, 0.717) is 17.7 Å². The van der Waals surface area contributed by atoms with Crippen LogP contribution in [0, 0.1) is 0 Å². The average Bonchev–Trinajstić information content (AvgIpc) is 3.14. The molecule has 5 heteroatoms. The molecule has 1 amide bonds. The van der Waals surface area contributed by atoms with Crippen molar-refractivity contribution >= 4 is 11.9 Å². The van der Waals surface area contributed by atoms with Crippen molar-refractivity contribution < 1.29 is 4.79 Å². The monoisotopic (exact) mass is 322 g/mol. The van der Waals surface area contributed by atoms with Crippen LogP contribution in [0.4, 0.5) is 5.95 Å². The van der Waals surface area contributed by atoms with Crippen LogP contribution in [0.2, 0.25) is 0 Å². The van der Waals surface area contributed by atoms with Crippen molar-refractivity contribution in [1.82, 2.24) is 15.3 Å². The number of amides is 1. The second-order valence-corrected chi connectivity index (χ2v) is 6.64. The summed E-state index contributed by atoms with van der Waals surface area (Å²) >= 11 is 0. The van der Waals surface area contributed by atoms with E-state index in [0.717, 1.165) is 32.4 Å². The number of nitrogens with one attached hydrogen (secondary N) is 1. The minimum atomic E-state index is -0.0806. The van der Waals surface area contributed by atoms with Crippen LogP contribution in [0.5, 0.6) is 0 Å². The molecule has 0 spiro atoms. The third-order valence-electron chi connectivity index (χ3n) is 4.98. The molecule has 1 fully saturated rings. The lowest BCUT2D eigenvalue weighted by Gasteiger charge is -2.28. The number of benzene rings is 1. The van der Waals surface area contributed by atoms with Crippen molar-refractivity contribution in [3.8, 4) is 0 Å². The third-order valence-corrected chi connectivity index (χ3v) is 4.98. The molecule has 0 atom stereocenters. The molecule has 1 aliphatic carbocycles. The number of nitrogens with zero attached hydrogens (tertiary/aromatic N) is 3. The minimum Gasteiger partial charge on any atom is -0.348 e. The lowest BCUT2D eigenvalue weighted by molar-refractivity contribution is 0.0932. The zero-order chi connectivity index (χ0) is 16.4. The SMILES string of the molecule is O=C(NC1CCCC1)c1ccnc(N2CCc3ccccc3C2)n1. The van der Waals surface area contributed by atoms with E-state index in [9.17, 15) is 4.79 Å². The summed E-state index contributed by atoms with van der Waals surface area (Å²) in [5.41, 5.74) is 3.17. The van der Waals surface area contributed by atoms with Crippen LogP contribution < -0.4 is 10.2 Å². The fourth-order valence-electron chi connectivity index (χ4n) is 3.62. The maximum Gasteiger partial charge on any atom is 0.270 e. The third kappa shape index (κ3) is 3.11. The first-order chi connectivity index (χ1) is 11.8. The summed E-state index contributed by atoms with van der Waals surface area (Å²) in [4.78, 5) is 23.5. The Morgan fingerprint density at radius 3 is 2.75 bits per heavy atom. The molecule has 4 rings (SSSR count). The van der Waals surface area contributed by atoms with Gasteiger partial charge in [0.2, 0.25) is 5.95 Å². The topological polar surface area (TPSA) is 58.1 Å². The number of carbonyl (C=O) groups excluding carboxylic acids is 1. The van der Waals surface area contributed by atoms with Crippen molar-refractivity contribution in [2.75, 3.05) is 11.4 Å². The van der Waals surface area contributed by atoms with Crippen LogP contribution in [-0.2, 0) is 13.0 Å². The predicted octanol–water partition coefficient (Wildman–Crippen LogP) is 2.71. The number of carbonyl (C=O) groups is 1. The quantitative estimate of drug-likeness (QED) is 0.944. The Balaban J connectivity index is 1.49. The Morgan fingerprint density at radius 1 is 1.12 bits per heavy atom. The van der Waals surface area contributed by atoms with Crippen LogP contribution in [0.3, 0.4) is 0 Å². The molecule has 0 unspecified atom stereocenters. The average molecular weight is 322 g/mol. The molecule has 1 aromatic carbocycles. The van der Waals surface area contributed by atoms with E-state index in [4.69, 9.17) is 0 Å². The first kappa shape index (κ1) is 15.1. The zero-order valence-electron chi connectivity index (χ0n) is 13.7. The molecule has 1 aliphatic heterocycles. The molecule has 0 saturated heterocycles. The summed E-state index contributed by atoms with van der Waals surface area (Å²) in [6.45, 7) is 1.68. The van der Waals surface area contributed by atoms with Gasteiger partial charge in [-0.1, -0.05) is 37.1 Å². The Kier molecular flexibility index (Phi) is 4.15. The molecule has 0 radical (unpaired) electrons. The van der Waals surface area contributed by atoms with Gasteiger partial charge in [-0.2, -0.15) is 0 Å². The smallest absolute Gasteiger partial charge is 0.270 e. The Morgan fingerprint density at radius 2 is 1.92 bits per heavy atom. The molecule has 2 aromatic rings. The van der Waals surface area contributed by atoms with Gasteiger partial charge >= 0.3 is 0 Å². The molecule has 124 valence electrons. The van der Waals surface area contributed by atoms with Gasteiger partial charge in [0, 0.05) is 25.3 Å². The van der Waals surface area contributed by atoms with E-state index in [1.54, 1.807) is 12.3 Å². The summed E-state index contributed by atoms with van der Waals surface area (Å²) in [7, 11) is 0. The Hall–Kier alpha value is -2.43. The van der Waals surface area contributed by atoms with Gasteiger partial charge in [0.05, 0.1) is 0 Å². The van der Waals surface area contributed by atoms with Crippen LogP contribution >= 0.6 is 0 Å². The van der Waals surface area contributed by atoms with Gasteiger partial charge in [-0.3, -0.25) is 4.79 Å². The molecular formula is C19H22N4O. The lowest BCUT2D eigenvalue weighted by Crippen LogP contribution is -2.35. The number of rotatable bonds is 3. The summed E-state index contributed by atoms with van der Waals surface area (Å²) < 4.78 is 0. The van der Waals surface area contributed by atoms with Crippen molar-refractivity contribution in [2.24, 2.45) is 0 Å². The van der Waals surface area contributed by atoms with Gasteiger partial charge in [0.15, 0.2) is 0 Å². The van der Waals surface area contributed by atoms with Crippen molar-refractivity contribution in [2.45, 2.75) is 44.7 Å². The fraction of sp³-hybridized carbons (Fsp3) is 0.421. The molecule has 1 saturated carbocycles. The molecular weight excluding hydrogens is 300 g/mol. The number of fused-ring (bicyclic) bond motifs is 1. The van der Waals surface area contributed by atoms with Crippen LogP contribution in [0.1, 0.15) is 47.3 Å². The van der Waals surface area contributed by atoms with Crippen LogP contribution in [0.25, 0.3) is 0 Å². The highest BCUT2D eigenvalue weighted by Crippen LogP contribution is 2.22. The van der Waals surface area contributed by atoms with Gasteiger partial charge in [-0.05, 0) is 36.5 Å². The number of anilines is 1. The molecule has 1 aromatic heterocycles. The fourth-order valence-corrected chi connectivity index (χ4v) is 3.62. The summed E-state index contributed by atoms with van der Waals surface area (Å²) in [6, 6.07) is 10.5. The summed E-state index contributed by atoms with van der Waals surface area (Å²) in [6.07, 6.45) is 7.23. The Labute approximate surface area is 142 Å². The van der Waals surface area contributed by atoms with E-state index < -0.39 is 0 Å². The standard InChI is InChI=1S/C19H22N4O/c24-18(21-16-7-3-4-8-16)17-9-11-20-19(22-17)23-12-10-14-5-1-2-6-15(14)13-23/h1-2,5-6,9,11,16H,3-4,7-8,10,12-13H2,(H,21,24). The van der Waals surface area contributed by atoms with E-state index in [2.05, 4.69) is 44.5 Å². The number of hydrogen-bond acceptors (Lipinski definition) is 4. The van der Waals surface area contributed by atoms with Crippen molar-refractivity contribution in [1.29, 1.82) is 0 Å². The molecule has 5 nitrogen and oxygen atoms in total. The van der Waals surface area contributed by atoms with Gasteiger partial charge < -0.3 is 10.2 Å². The lowest BCUT2D eigenvalue weighted by atomic mass is 10.0. The first-order valence-electron chi connectivity index (χ1n) is 8.75. The van der Waals surface area contributed by atoms with Gasteiger partial charge in [0.1, 0.15) is 5.69 Å². The first-order valence-corrected chi connectivity index (χ1v) is 8.75. The Bertz CT molecular complexity index is 740. The van der Waals surface area contributed by atoms with E-state index >= 15 is 0 Å². The number of hydrogen-bond donors (Lipinski definition) is 1. The van der Waals surface area contributed by atoms with Crippen molar-refractivity contribution in [3.63, 3.8) is 0 Å². The van der Waals surface area contributed by atoms with Gasteiger partial charge in [0.25, 0.3) is 5.91 Å². The van der Waals surface area contributed by atoms with Crippen LogP contribution in [0.15, 0.2) is 36.5 Å². The molecule has 2 heterocycles. The summed E-state index contributed by atoms with van der Waals surface area (Å²) in [5.74, 6) is 0.562. The molecule has 1 N–H and O–H groups in total. The second kappa shape index (κ2) is 6.59. The van der Waals surface area contributed by atoms with Gasteiger partial charge in [-0.25, -0.2) is 9.97 Å². The normalized spacial score (nSPS) is 17.6. The highest BCUT2D eigenvalue weighted by molar-refractivity contribution is 5.92. The second-order valence-electron chi connectivity index (χ2n) is 6.64. The summed E-state index contributed by atoms with van der Waals surface area (Å²) in [5, 5.41) is 3.09. The van der Waals surface area contributed by atoms with Crippen molar-refractivity contribution in [3.05, 3.63) is 53.3 Å². The van der Waals surface area contributed by atoms with E-state index in [1.807, 2.05) is 0 Å². The molecule has 0 bridgehead atoms. The highest BCUT2D eigenvalue weighted by atomic mass is 16.1. The minimum absolute atomic E-state index is 0.0806. The van der Waals surface area contributed by atoms with Crippen LogP contribution in [-0.4, -0.2) is 28.5 Å². The zero-order valence-corrected chi connectivity index (χ0v) is 13.7. The number of aromatic nitrogens is 2. The van der Waals surface area contributed by atoms with Gasteiger partial charge in [-0.15, -0.1) is 0 Å². The maximum atomic E-state index is 12.4. The van der Waals surface area contributed by atoms with E-state index in [-0.39, 0.29) is 5.91 Å². The molecule has 2 aliphatic rings. The molecule has 24 heavy (non-hydrogen) atoms. The maximum absolute atomic E-state index is 12.4. The largest absolute Gasteiger partial charge is 0.348 e. The highest BCUT2D eigenvalue weighted by Gasteiger charge is 2.21.